The molecule has 0 radical (unpaired) electrons. The number of nitrogens with one attached hydrogen (secondary N) is 1. The number of carboxylic acid groups (broad SMARTS) is 1. The summed E-state index contributed by atoms with van der Waals surface area (Å²) in [6, 6.07) is 4.76. The minimum absolute atomic E-state index is 0.178. The number of aromatic carboxylic acids is 1. The summed E-state index contributed by atoms with van der Waals surface area (Å²) in [6.07, 6.45) is 1.37. The van der Waals surface area contributed by atoms with Crippen LogP contribution >= 0.6 is 11.6 Å². The Bertz CT molecular complexity index is 430. The maximum Gasteiger partial charge on any atom is 0.337 e. The van der Waals surface area contributed by atoms with Gasteiger partial charge in [0.05, 0.1) is 11.7 Å². The zero-order chi connectivity index (χ0) is 12.4. The van der Waals surface area contributed by atoms with Gasteiger partial charge < -0.3 is 15.5 Å². The van der Waals surface area contributed by atoms with E-state index in [0.717, 1.165) is 12.8 Å². The zero-order valence-electron chi connectivity index (χ0n) is 9.19. The highest BCUT2D eigenvalue weighted by molar-refractivity contribution is 6.31. The van der Waals surface area contributed by atoms with Crippen molar-refractivity contribution in [1.29, 1.82) is 0 Å². The number of halogens is 1. The van der Waals surface area contributed by atoms with Crippen LogP contribution in [0.5, 0.6) is 0 Å². The summed E-state index contributed by atoms with van der Waals surface area (Å²) in [5, 5.41) is 21.7. The van der Waals surface area contributed by atoms with Gasteiger partial charge in [0.2, 0.25) is 0 Å². The lowest BCUT2D eigenvalue weighted by molar-refractivity contribution is 0.0486. The Kier molecular flexibility index (Phi) is 3.54. The molecule has 1 aromatic rings. The monoisotopic (exact) mass is 255 g/mol. The van der Waals surface area contributed by atoms with E-state index in [4.69, 9.17) is 21.8 Å². The largest absolute Gasteiger partial charge is 0.478 e. The van der Waals surface area contributed by atoms with Crippen LogP contribution in [0.15, 0.2) is 18.2 Å². The number of aliphatic hydroxyl groups excluding tert-OH is 1. The van der Waals surface area contributed by atoms with Crippen LogP contribution in [0.2, 0.25) is 5.02 Å². The standard InChI is InChI=1S/C12H14ClNO3/c13-8-1-2-11(10(5-8)12(16)17)14-6-7-3-9(15)4-7/h1-2,5,7,9,14-15H,3-4,6H2,(H,16,17). The number of rotatable bonds is 4. The molecule has 0 aliphatic heterocycles. The van der Waals surface area contributed by atoms with Gasteiger partial charge in [0.1, 0.15) is 0 Å². The van der Waals surface area contributed by atoms with Crippen molar-refractivity contribution in [3.05, 3.63) is 28.8 Å². The topological polar surface area (TPSA) is 69.6 Å². The average Bonchev–Trinajstić information content (AvgIpc) is 2.24. The SMILES string of the molecule is O=C(O)c1cc(Cl)ccc1NCC1CC(O)C1. The maximum atomic E-state index is 11.0. The molecule has 5 heteroatoms. The molecule has 1 saturated carbocycles. The Morgan fingerprint density at radius 1 is 1.47 bits per heavy atom. The fraction of sp³-hybridized carbons (Fsp3) is 0.417. The highest BCUT2D eigenvalue weighted by atomic mass is 35.5. The predicted octanol–water partition coefficient (Wildman–Crippen LogP) is 2.22. The van der Waals surface area contributed by atoms with Gasteiger partial charge in [-0.1, -0.05) is 11.6 Å². The van der Waals surface area contributed by atoms with Crippen LogP contribution in [0.25, 0.3) is 0 Å². The van der Waals surface area contributed by atoms with Crippen molar-refractivity contribution in [1.82, 2.24) is 0 Å². The fourth-order valence-electron chi connectivity index (χ4n) is 1.97. The molecule has 0 atom stereocenters. The lowest BCUT2D eigenvalue weighted by Crippen LogP contribution is -2.33. The first kappa shape index (κ1) is 12.2. The molecule has 0 spiro atoms. The Labute approximate surface area is 104 Å². The molecule has 17 heavy (non-hydrogen) atoms. The second kappa shape index (κ2) is 4.94. The first-order valence-electron chi connectivity index (χ1n) is 5.51. The van der Waals surface area contributed by atoms with Crippen LogP contribution < -0.4 is 5.32 Å². The van der Waals surface area contributed by atoms with Crippen LogP contribution in [-0.2, 0) is 0 Å². The van der Waals surface area contributed by atoms with Gasteiger partial charge in [0.25, 0.3) is 0 Å². The summed E-state index contributed by atoms with van der Waals surface area (Å²) < 4.78 is 0. The van der Waals surface area contributed by atoms with Crippen molar-refractivity contribution in [2.45, 2.75) is 18.9 Å². The van der Waals surface area contributed by atoms with Crippen LogP contribution in [0.1, 0.15) is 23.2 Å². The molecule has 1 aliphatic carbocycles. The van der Waals surface area contributed by atoms with Crippen LogP contribution in [0.3, 0.4) is 0 Å². The third-order valence-corrected chi connectivity index (χ3v) is 3.24. The Morgan fingerprint density at radius 2 is 2.18 bits per heavy atom. The van der Waals surface area contributed by atoms with Crippen molar-refractivity contribution in [2.24, 2.45) is 5.92 Å². The number of hydrogen-bond acceptors (Lipinski definition) is 3. The third kappa shape index (κ3) is 2.90. The molecule has 2 rings (SSSR count). The molecule has 92 valence electrons. The second-order valence-electron chi connectivity index (χ2n) is 4.37. The van der Waals surface area contributed by atoms with E-state index < -0.39 is 5.97 Å². The smallest absolute Gasteiger partial charge is 0.337 e. The Morgan fingerprint density at radius 3 is 2.76 bits per heavy atom. The zero-order valence-corrected chi connectivity index (χ0v) is 9.94. The molecule has 1 aliphatic rings. The van der Waals surface area contributed by atoms with E-state index in [1.165, 1.54) is 6.07 Å². The van der Waals surface area contributed by atoms with E-state index in [1.807, 2.05) is 0 Å². The number of carboxylic acids is 1. The first-order chi connectivity index (χ1) is 8.06. The van der Waals surface area contributed by atoms with Crippen molar-refractivity contribution < 1.29 is 15.0 Å². The van der Waals surface area contributed by atoms with Crippen molar-refractivity contribution in [2.75, 3.05) is 11.9 Å². The van der Waals surface area contributed by atoms with Crippen LogP contribution in [0.4, 0.5) is 5.69 Å². The fourth-order valence-corrected chi connectivity index (χ4v) is 2.14. The average molecular weight is 256 g/mol. The van der Waals surface area contributed by atoms with Gasteiger partial charge in [-0.2, -0.15) is 0 Å². The van der Waals surface area contributed by atoms with Gasteiger partial charge in [-0.25, -0.2) is 4.79 Å². The van der Waals surface area contributed by atoms with Crippen molar-refractivity contribution in [3.8, 4) is 0 Å². The molecule has 0 saturated heterocycles. The lowest BCUT2D eigenvalue weighted by atomic mass is 9.82. The van der Waals surface area contributed by atoms with Crippen LogP contribution in [0, 0.1) is 5.92 Å². The minimum atomic E-state index is -0.997. The van der Waals surface area contributed by atoms with E-state index in [1.54, 1.807) is 12.1 Å². The molecule has 4 nitrogen and oxygen atoms in total. The normalized spacial score (nSPS) is 22.9. The lowest BCUT2D eigenvalue weighted by Gasteiger charge is -2.31. The summed E-state index contributed by atoms with van der Waals surface area (Å²) in [7, 11) is 0. The molecule has 1 aromatic carbocycles. The minimum Gasteiger partial charge on any atom is -0.478 e. The van der Waals surface area contributed by atoms with Crippen molar-refractivity contribution >= 4 is 23.3 Å². The maximum absolute atomic E-state index is 11.0. The summed E-state index contributed by atoms with van der Waals surface area (Å²) >= 11 is 5.76. The van der Waals surface area contributed by atoms with Gasteiger partial charge in [-0.05, 0) is 37.0 Å². The molecular formula is C12H14ClNO3. The van der Waals surface area contributed by atoms with E-state index in [2.05, 4.69) is 5.32 Å². The molecule has 0 bridgehead atoms. The summed E-state index contributed by atoms with van der Waals surface area (Å²) in [5.74, 6) is -0.578. The second-order valence-corrected chi connectivity index (χ2v) is 4.80. The van der Waals surface area contributed by atoms with E-state index in [0.29, 0.717) is 23.2 Å². The van der Waals surface area contributed by atoms with Gasteiger partial charge in [0, 0.05) is 17.3 Å². The Hall–Kier alpha value is -1.26. The number of carbonyl (C=O) groups is 1. The highest BCUT2D eigenvalue weighted by Crippen LogP contribution is 2.28. The van der Waals surface area contributed by atoms with Crippen LogP contribution in [-0.4, -0.2) is 28.8 Å². The number of hydrogen-bond donors (Lipinski definition) is 3. The summed E-state index contributed by atoms with van der Waals surface area (Å²) in [4.78, 5) is 11.0. The van der Waals surface area contributed by atoms with E-state index in [-0.39, 0.29) is 11.7 Å². The molecule has 0 aromatic heterocycles. The molecule has 3 N–H and O–H groups in total. The quantitative estimate of drug-likeness (QED) is 0.772. The summed E-state index contributed by atoms with van der Waals surface area (Å²) in [5.41, 5.74) is 0.751. The third-order valence-electron chi connectivity index (χ3n) is 3.00. The number of anilines is 1. The first-order valence-corrected chi connectivity index (χ1v) is 5.89. The summed E-state index contributed by atoms with van der Waals surface area (Å²) in [6.45, 7) is 0.680. The van der Waals surface area contributed by atoms with Crippen molar-refractivity contribution in [3.63, 3.8) is 0 Å². The predicted molar refractivity (Wildman–Crippen MR) is 65.6 cm³/mol. The molecule has 0 amide bonds. The van der Waals surface area contributed by atoms with E-state index in [9.17, 15) is 4.79 Å². The molecule has 0 unspecified atom stereocenters. The molecule has 0 heterocycles. The van der Waals surface area contributed by atoms with Gasteiger partial charge in [0.15, 0.2) is 0 Å². The highest BCUT2D eigenvalue weighted by Gasteiger charge is 2.26. The van der Waals surface area contributed by atoms with E-state index >= 15 is 0 Å². The number of aliphatic hydroxyl groups is 1. The molecule has 1 fully saturated rings. The number of benzene rings is 1. The van der Waals surface area contributed by atoms with Gasteiger partial charge >= 0.3 is 5.97 Å². The van der Waals surface area contributed by atoms with Gasteiger partial charge in [-0.15, -0.1) is 0 Å². The Balaban J connectivity index is 2.02. The molecular weight excluding hydrogens is 242 g/mol. The van der Waals surface area contributed by atoms with Gasteiger partial charge in [-0.3, -0.25) is 0 Å².